The van der Waals surface area contributed by atoms with Crippen molar-refractivity contribution < 1.29 is 19.2 Å². The molecule has 14 heavy (non-hydrogen) atoms. The van der Waals surface area contributed by atoms with Crippen molar-refractivity contribution >= 4 is 24.5 Å². The average Bonchev–Trinajstić information content (AvgIpc) is 1.97. The van der Waals surface area contributed by atoms with E-state index in [4.69, 9.17) is 4.74 Å². The Labute approximate surface area is 89.5 Å². The maximum atomic E-state index is 10.9. The number of carbonyl (C=O) groups is 2. The third kappa shape index (κ3) is 9.12. The van der Waals surface area contributed by atoms with Crippen LogP contribution in [-0.4, -0.2) is 17.7 Å². The van der Waals surface area contributed by atoms with Gasteiger partial charge in [-0.3, -0.25) is 0 Å². The van der Waals surface area contributed by atoms with Crippen LogP contribution in [0.2, 0.25) is 0 Å². The van der Waals surface area contributed by atoms with Crippen molar-refractivity contribution in [2.24, 2.45) is 0 Å². The molecule has 0 aliphatic rings. The summed E-state index contributed by atoms with van der Waals surface area (Å²) in [6, 6.07) is 0. The lowest BCUT2D eigenvalue weighted by Crippen LogP contribution is -2.33. The molecular weight excluding hydrogens is 210 g/mol. The molecule has 0 saturated heterocycles. The molecule has 0 atom stereocenters. The average molecular weight is 226 g/mol. The zero-order valence-corrected chi connectivity index (χ0v) is 9.56. The first-order chi connectivity index (χ1) is 5.85. The maximum Gasteiger partial charge on any atom is 0.441 e. The Bertz CT molecular complexity index is 200. The molecule has 5 nitrogen and oxygen atoms in total. The number of nitrogens with one attached hydrogen (secondary N) is 1. The van der Waals surface area contributed by atoms with E-state index < -0.39 is 17.7 Å². The lowest BCUT2D eigenvalue weighted by molar-refractivity contribution is -0.150. The minimum Gasteiger partial charge on any atom is -0.442 e. The highest BCUT2D eigenvalue weighted by Gasteiger charge is 2.16. The summed E-state index contributed by atoms with van der Waals surface area (Å²) in [6.07, 6.45) is -0.565. The topological polar surface area (TPSA) is 64.6 Å². The second kappa shape index (κ2) is 6.48. The molecule has 1 amide bonds. The molecule has 0 aromatic carbocycles. The lowest BCUT2D eigenvalue weighted by Gasteiger charge is -2.18. The second-order valence-corrected chi connectivity index (χ2v) is 3.43. The van der Waals surface area contributed by atoms with E-state index >= 15 is 0 Å². The van der Waals surface area contributed by atoms with Gasteiger partial charge in [-0.25, -0.2) is 9.59 Å². The standard InChI is InChI=1S/C8H15NO4.ClH/c1-5-6(10)13-9-7(11)12-8(2,3)4;/h5H2,1-4H3,(H,9,11);1H. The quantitative estimate of drug-likeness (QED) is 0.692. The zero-order chi connectivity index (χ0) is 10.5. The minimum absolute atomic E-state index is 0. The zero-order valence-electron chi connectivity index (χ0n) is 8.75. The van der Waals surface area contributed by atoms with Gasteiger partial charge in [-0.1, -0.05) is 6.92 Å². The number of carbonyl (C=O) groups excluding carboxylic acids is 2. The van der Waals surface area contributed by atoms with Gasteiger partial charge in [0.05, 0.1) is 0 Å². The van der Waals surface area contributed by atoms with Crippen molar-refractivity contribution in [1.82, 2.24) is 5.48 Å². The number of amides is 1. The van der Waals surface area contributed by atoms with Crippen molar-refractivity contribution in [2.75, 3.05) is 0 Å². The second-order valence-electron chi connectivity index (χ2n) is 3.43. The molecule has 0 unspecified atom stereocenters. The van der Waals surface area contributed by atoms with Crippen LogP contribution in [0.1, 0.15) is 34.1 Å². The van der Waals surface area contributed by atoms with Crippen LogP contribution in [0.4, 0.5) is 4.79 Å². The normalized spacial score (nSPS) is 9.71. The Morgan fingerprint density at radius 2 is 1.79 bits per heavy atom. The van der Waals surface area contributed by atoms with E-state index in [-0.39, 0.29) is 18.8 Å². The molecule has 0 aliphatic carbocycles. The molecule has 0 saturated carbocycles. The lowest BCUT2D eigenvalue weighted by atomic mass is 10.2. The summed E-state index contributed by atoms with van der Waals surface area (Å²) in [4.78, 5) is 25.8. The number of hydrogen-bond acceptors (Lipinski definition) is 4. The third-order valence-electron chi connectivity index (χ3n) is 0.936. The number of hydroxylamine groups is 1. The summed E-state index contributed by atoms with van der Waals surface area (Å²) in [6.45, 7) is 6.77. The summed E-state index contributed by atoms with van der Waals surface area (Å²) in [7, 11) is 0. The van der Waals surface area contributed by atoms with Crippen LogP contribution in [0.15, 0.2) is 0 Å². The van der Waals surface area contributed by atoms with Crippen molar-refractivity contribution in [3.8, 4) is 0 Å². The van der Waals surface area contributed by atoms with E-state index in [9.17, 15) is 9.59 Å². The summed E-state index contributed by atoms with van der Waals surface area (Å²) >= 11 is 0. The first kappa shape index (κ1) is 15.5. The number of ether oxygens (including phenoxy) is 1. The van der Waals surface area contributed by atoms with Gasteiger partial charge in [0.1, 0.15) is 5.60 Å². The van der Waals surface area contributed by atoms with E-state index in [2.05, 4.69) is 4.84 Å². The molecule has 6 heteroatoms. The predicted octanol–water partition coefficient (Wildman–Crippen LogP) is 1.80. The first-order valence-electron chi connectivity index (χ1n) is 4.04. The first-order valence-corrected chi connectivity index (χ1v) is 4.04. The summed E-state index contributed by atoms with van der Waals surface area (Å²) in [5.74, 6) is -0.508. The van der Waals surface area contributed by atoms with E-state index in [1.54, 1.807) is 27.7 Å². The van der Waals surface area contributed by atoms with E-state index in [0.29, 0.717) is 0 Å². The Kier molecular flexibility index (Phi) is 7.17. The highest BCUT2D eigenvalue weighted by molar-refractivity contribution is 5.85. The SMILES string of the molecule is CCC(=O)ONC(=O)OC(C)(C)C.Cl. The van der Waals surface area contributed by atoms with Gasteiger partial charge in [0.25, 0.3) is 0 Å². The molecule has 0 heterocycles. The van der Waals surface area contributed by atoms with Gasteiger partial charge in [-0.2, -0.15) is 0 Å². The number of rotatable bonds is 1. The van der Waals surface area contributed by atoms with Gasteiger partial charge < -0.3 is 9.57 Å². The van der Waals surface area contributed by atoms with Crippen LogP contribution in [0.25, 0.3) is 0 Å². The Hall–Kier alpha value is -0.970. The van der Waals surface area contributed by atoms with Crippen LogP contribution in [-0.2, 0) is 14.4 Å². The summed E-state index contributed by atoms with van der Waals surface area (Å²) in [5.41, 5.74) is 1.28. The Morgan fingerprint density at radius 1 is 1.29 bits per heavy atom. The molecule has 0 rings (SSSR count). The van der Waals surface area contributed by atoms with Crippen LogP contribution in [0, 0.1) is 0 Å². The van der Waals surface area contributed by atoms with Crippen molar-refractivity contribution in [3.05, 3.63) is 0 Å². The smallest absolute Gasteiger partial charge is 0.441 e. The number of hydrogen-bond donors (Lipinski definition) is 1. The van der Waals surface area contributed by atoms with Gasteiger partial charge in [0, 0.05) is 6.42 Å². The van der Waals surface area contributed by atoms with Gasteiger partial charge in [0.2, 0.25) is 0 Å². The molecule has 0 spiro atoms. The molecule has 1 N–H and O–H groups in total. The van der Waals surface area contributed by atoms with Crippen LogP contribution < -0.4 is 5.48 Å². The number of halogens is 1. The fourth-order valence-electron chi connectivity index (χ4n) is 0.470. The monoisotopic (exact) mass is 225 g/mol. The largest absolute Gasteiger partial charge is 0.442 e. The molecule has 0 fully saturated rings. The Morgan fingerprint density at radius 3 is 2.14 bits per heavy atom. The third-order valence-corrected chi connectivity index (χ3v) is 0.936. The summed E-state index contributed by atoms with van der Waals surface area (Å²) < 4.78 is 4.81. The molecule has 0 radical (unpaired) electrons. The molecule has 84 valence electrons. The van der Waals surface area contributed by atoms with Crippen molar-refractivity contribution in [1.29, 1.82) is 0 Å². The maximum absolute atomic E-state index is 10.9. The van der Waals surface area contributed by atoms with E-state index in [1.165, 1.54) is 0 Å². The van der Waals surface area contributed by atoms with Crippen LogP contribution in [0.3, 0.4) is 0 Å². The van der Waals surface area contributed by atoms with Crippen LogP contribution >= 0.6 is 12.4 Å². The highest BCUT2D eigenvalue weighted by atomic mass is 35.5. The van der Waals surface area contributed by atoms with E-state index in [1.807, 2.05) is 5.48 Å². The van der Waals surface area contributed by atoms with Crippen molar-refractivity contribution in [2.45, 2.75) is 39.7 Å². The summed E-state index contributed by atoms with van der Waals surface area (Å²) in [5, 5.41) is 0. The molecule has 0 aromatic rings. The Balaban J connectivity index is 0. The fraction of sp³-hybridized carbons (Fsp3) is 0.750. The molecular formula is C8H16ClNO4. The predicted molar refractivity (Wildman–Crippen MR) is 53.0 cm³/mol. The highest BCUT2D eigenvalue weighted by Crippen LogP contribution is 2.06. The van der Waals surface area contributed by atoms with Gasteiger partial charge in [0.15, 0.2) is 0 Å². The van der Waals surface area contributed by atoms with Gasteiger partial charge in [-0.15, -0.1) is 17.9 Å². The molecule has 0 bridgehead atoms. The van der Waals surface area contributed by atoms with Crippen LogP contribution in [0.5, 0.6) is 0 Å². The molecule has 0 aliphatic heterocycles. The van der Waals surface area contributed by atoms with Crippen molar-refractivity contribution in [3.63, 3.8) is 0 Å². The molecule has 0 aromatic heterocycles. The van der Waals surface area contributed by atoms with Gasteiger partial charge >= 0.3 is 12.1 Å². The van der Waals surface area contributed by atoms with Gasteiger partial charge in [-0.05, 0) is 20.8 Å². The van der Waals surface area contributed by atoms with E-state index in [0.717, 1.165) is 0 Å². The minimum atomic E-state index is -0.769. The fourth-order valence-corrected chi connectivity index (χ4v) is 0.470.